The highest BCUT2D eigenvalue weighted by Crippen LogP contribution is 2.23. The van der Waals surface area contributed by atoms with Crippen molar-refractivity contribution in [2.45, 2.75) is 25.0 Å². The fourth-order valence-corrected chi connectivity index (χ4v) is 3.18. The second kappa shape index (κ2) is 9.24. The molecule has 3 rings (SSSR count). The third kappa shape index (κ3) is 5.58. The zero-order chi connectivity index (χ0) is 20.8. The molecule has 9 heteroatoms. The number of halogens is 1. The second-order valence-electron chi connectivity index (χ2n) is 6.95. The molecule has 1 aromatic carbocycles. The molecule has 2 aromatic rings. The Bertz CT molecular complexity index is 898. The van der Waals surface area contributed by atoms with Gasteiger partial charge < -0.3 is 33.0 Å². The molecule has 0 radical (unpaired) electrons. The number of nitrogens with two attached hydrogens (primary N) is 4. The van der Waals surface area contributed by atoms with Crippen molar-refractivity contribution in [1.82, 2.24) is 10.3 Å². The molecule has 9 N–H and O–H groups in total. The number of rotatable bonds is 7. The van der Waals surface area contributed by atoms with Crippen LogP contribution in [-0.4, -0.2) is 36.4 Å². The quantitative estimate of drug-likeness (QED) is 0.439. The van der Waals surface area contributed by atoms with Crippen LogP contribution in [0.3, 0.4) is 0 Å². The van der Waals surface area contributed by atoms with Gasteiger partial charge in [0.05, 0.1) is 12.2 Å². The molecule has 0 aliphatic carbocycles. The van der Waals surface area contributed by atoms with Crippen molar-refractivity contribution in [2.24, 2.45) is 10.7 Å². The van der Waals surface area contributed by atoms with Gasteiger partial charge in [-0.3, -0.25) is 4.99 Å². The van der Waals surface area contributed by atoms with Crippen LogP contribution in [0.5, 0.6) is 5.75 Å². The summed E-state index contributed by atoms with van der Waals surface area (Å²) in [5.74, 6) is 0.888. The molecule has 1 aliphatic heterocycles. The molecule has 0 saturated carbocycles. The number of anilines is 3. The number of ether oxygens (including phenoxy) is 1. The second-order valence-corrected chi connectivity index (χ2v) is 6.95. The van der Waals surface area contributed by atoms with Gasteiger partial charge in [0.2, 0.25) is 0 Å². The van der Waals surface area contributed by atoms with Crippen molar-refractivity contribution < 1.29 is 9.13 Å². The topological polar surface area (TPSA) is 151 Å². The summed E-state index contributed by atoms with van der Waals surface area (Å²) in [4.78, 5) is 8.42. The monoisotopic (exact) mass is 399 g/mol. The minimum Gasteiger partial charge on any atom is -0.489 e. The lowest BCUT2D eigenvalue weighted by Crippen LogP contribution is -2.24. The molecule has 1 aliphatic rings. The molecule has 2 unspecified atom stereocenters. The van der Waals surface area contributed by atoms with E-state index in [-0.39, 0.29) is 23.8 Å². The molecule has 0 amide bonds. The number of aliphatic imine (C=N–C) groups is 1. The zero-order valence-electron chi connectivity index (χ0n) is 16.0. The first kappa shape index (κ1) is 20.4. The molecule has 8 nitrogen and oxygen atoms in total. The molecular weight excluding hydrogens is 373 g/mol. The summed E-state index contributed by atoms with van der Waals surface area (Å²) in [6.07, 6.45) is 4.49. The Morgan fingerprint density at radius 3 is 2.76 bits per heavy atom. The fraction of sp³-hybridized carbons (Fsp3) is 0.300. The summed E-state index contributed by atoms with van der Waals surface area (Å²) in [6, 6.07) is 7.90. The van der Waals surface area contributed by atoms with Crippen LogP contribution < -0.4 is 33.0 Å². The molecule has 2 atom stereocenters. The van der Waals surface area contributed by atoms with Crippen LogP contribution in [0, 0.1) is 5.82 Å². The van der Waals surface area contributed by atoms with Gasteiger partial charge in [0.15, 0.2) is 0 Å². The maximum atomic E-state index is 13.0. The van der Waals surface area contributed by atoms with Crippen LogP contribution in [0.15, 0.2) is 47.1 Å². The minimum atomic E-state index is -0.281. The summed E-state index contributed by atoms with van der Waals surface area (Å²) in [5, 5.41) is 3.38. The molecule has 1 fully saturated rings. The Balaban J connectivity index is 1.50. The van der Waals surface area contributed by atoms with E-state index in [0.29, 0.717) is 36.8 Å². The van der Waals surface area contributed by atoms with E-state index in [2.05, 4.69) is 15.3 Å². The van der Waals surface area contributed by atoms with Gasteiger partial charge in [-0.2, -0.15) is 0 Å². The summed E-state index contributed by atoms with van der Waals surface area (Å²) in [6.45, 7) is 1.29. The van der Waals surface area contributed by atoms with E-state index in [1.165, 1.54) is 18.3 Å². The molecule has 0 bridgehead atoms. The van der Waals surface area contributed by atoms with Gasteiger partial charge in [-0.15, -0.1) is 0 Å². The standard InChI is InChI=1S/C20H26FN7O/c21-14-1-3-16(4-2-14)29-17-7-15(27-11-17)10-26-9-12(8-22)5-13-6-18(23)28-20(25)19(13)24/h1-4,6,8-9,15,17,27H,5,7,10-11,22,24H2,(H4,23,25,28). The van der Waals surface area contributed by atoms with Crippen LogP contribution in [0.25, 0.3) is 0 Å². The number of nitrogens with one attached hydrogen (secondary N) is 1. The number of hydrogen-bond donors (Lipinski definition) is 5. The minimum absolute atomic E-state index is 0.0211. The number of pyridine rings is 1. The number of hydrogen-bond acceptors (Lipinski definition) is 8. The van der Waals surface area contributed by atoms with Gasteiger partial charge in [-0.25, -0.2) is 9.37 Å². The summed E-state index contributed by atoms with van der Waals surface area (Å²) in [7, 11) is 0. The maximum absolute atomic E-state index is 13.0. The van der Waals surface area contributed by atoms with Crippen LogP contribution in [0.1, 0.15) is 12.0 Å². The van der Waals surface area contributed by atoms with E-state index < -0.39 is 0 Å². The summed E-state index contributed by atoms with van der Waals surface area (Å²) < 4.78 is 18.8. The number of nitrogen functional groups attached to an aromatic ring is 3. The Morgan fingerprint density at radius 2 is 2.03 bits per heavy atom. The van der Waals surface area contributed by atoms with Crippen molar-refractivity contribution in [3.05, 3.63) is 53.5 Å². The van der Waals surface area contributed by atoms with Crippen LogP contribution in [0.2, 0.25) is 0 Å². The van der Waals surface area contributed by atoms with E-state index in [4.69, 9.17) is 27.7 Å². The van der Waals surface area contributed by atoms with Crippen molar-refractivity contribution in [1.29, 1.82) is 0 Å². The third-order valence-electron chi connectivity index (χ3n) is 4.68. The van der Waals surface area contributed by atoms with E-state index in [9.17, 15) is 4.39 Å². The van der Waals surface area contributed by atoms with Crippen LogP contribution in [-0.2, 0) is 6.42 Å². The number of nitrogens with zero attached hydrogens (tertiary/aromatic N) is 2. The lowest BCUT2D eigenvalue weighted by molar-refractivity contribution is 0.220. The molecule has 0 spiro atoms. The van der Waals surface area contributed by atoms with E-state index >= 15 is 0 Å². The lowest BCUT2D eigenvalue weighted by Gasteiger charge is -2.12. The average Bonchev–Trinajstić information content (AvgIpc) is 3.13. The van der Waals surface area contributed by atoms with Crippen molar-refractivity contribution in [3.63, 3.8) is 0 Å². The van der Waals surface area contributed by atoms with Gasteiger partial charge in [0.1, 0.15) is 29.3 Å². The van der Waals surface area contributed by atoms with Crippen molar-refractivity contribution in [3.8, 4) is 5.75 Å². The Morgan fingerprint density at radius 1 is 1.28 bits per heavy atom. The predicted molar refractivity (Wildman–Crippen MR) is 114 cm³/mol. The number of benzene rings is 1. The highest BCUT2D eigenvalue weighted by atomic mass is 19.1. The molecule has 1 saturated heterocycles. The number of allylic oxidation sites excluding steroid dienone is 1. The van der Waals surface area contributed by atoms with E-state index in [1.54, 1.807) is 24.4 Å². The maximum Gasteiger partial charge on any atom is 0.149 e. The molecule has 1 aromatic heterocycles. The highest BCUT2D eigenvalue weighted by molar-refractivity contribution is 5.80. The highest BCUT2D eigenvalue weighted by Gasteiger charge is 2.25. The zero-order valence-corrected chi connectivity index (χ0v) is 16.0. The van der Waals surface area contributed by atoms with Gasteiger partial charge in [0, 0.05) is 31.6 Å². The first-order valence-corrected chi connectivity index (χ1v) is 9.31. The molecule has 29 heavy (non-hydrogen) atoms. The Kier molecular flexibility index (Phi) is 6.50. The smallest absolute Gasteiger partial charge is 0.149 e. The first-order chi connectivity index (χ1) is 13.9. The van der Waals surface area contributed by atoms with Gasteiger partial charge in [-0.05, 0) is 47.7 Å². The lowest BCUT2D eigenvalue weighted by atomic mass is 10.1. The predicted octanol–water partition coefficient (Wildman–Crippen LogP) is 1.23. The number of aromatic nitrogens is 1. The van der Waals surface area contributed by atoms with E-state index in [1.807, 2.05) is 0 Å². The average molecular weight is 399 g/mol. The first-order valence-electron chi connectivity index (χ1n) is 9.31. The Labute approximate surface area is 168 Å². The van der Waals surface area contributed by atoms with Crippen LogP contribution in [0.4, 0.5) is 21.7 Å². The van der Waals surface area contributed by atoms with E-state index in [0.717, 1.165) is 17.6 Å². The fourth-order valence-electron chi connectivity index (χ4n) is 3.18. The van der Waals surface area contributed by atoms with Crippen molar-refractivity contribution in [2.75, 3.05) is 30.3 Å². The molecular formula is C20H26FN7O. The van der Waals surface area contributed by atoms with Gasteiger partial charge >= 0.3 is 0 Å². The summed E-state index contributed by atoms with van der Waals surface area (Å²) in [5.41, 5.74) is 25.1. The summed E-state index contributed by atoms with van der Waals surface area (Å²) >= 11 is 0. The SMILES string of the molecule is NC=C(C=NCC1CC(Oc2ccc(F)cc2)CN1)Cc1cc(N)nc(N)c1N. The normalized spacial score (nSPS) is 19.7. The van der Waals surface area contributed by atoms with Gasteiger partial charge in [0.25, 0.3) is 0 Å². The van der Waals surface area contributed by atoms with Crippen molar-refractivity contribution >= 4 is 23.5 Å². The largest absolute Gasteiger partial charge is 0.489 e. The molecule has 2 heterocycles. The van der Waals surface area contributed by atoms with Gasteiger partial charge in [-0.1, -0.05) is 0 Å². The van der Waals surface area contributed by atoms with Crippen LogP contribution >= 0.6 is 0 Å². The Hall–Kier alpha value is -3.33. The third-order valence-corrected chi connectivity index (χ3v) is 4.68. The molecule has 154 valence electrons.